The molecule has 4 nitrogen and oxygen atoms in total. The van der Waals surface area contributed by atoms with Gasteiger partial charge in [-0.15, -0.1) is 0 Å². The minimum Gasteiger partial charge on any atom is -0.316 e. The van der Waals surface area contributed by atoms with Crippen LogP contribution < -0.4 is 11.1 Å². The number of nitrogens with one attached hydrogen (secondary N) is 1. The maximum absolute atomic E-state index is 12.0. The fourth-order valence-electron chi connectivity index (χ4n) is 1.62. The Kier molecular flexibility index (Phi) is 4.29. The summed E-state index contributed by atoms with van der Waals surface area (Å²) in [5.74, 6) is 0.220. The number of carbonyl (C=O) groups excluding carboxylic acids is 1. The predicted octanol–water partition coefficient (Wildman–Crippen LogP) is 2.79. The summed E-state index contributed by atoms with van der Waals surface area (Å²) in [6.07, 6.45) is 1.65. The van der Waals surface area contributed by atoms with Gasteiger partial charge in [0, 0.05) is 10.7 Å². The van der Waals surface area contributed by atoms with E-state index in [4.69, 9.17) is 5.73 Å². The summed E-state index contributed by atoms with van der Waals surface area (Å²) in [4.78, 5) is 16.1. The van der Waals surface area contributed by atoms with Crippen molar-refractivity contribution in [3.05, 3.63) is 58.2 Å². The van der Waals surface area contributed by atoms with Crippen molar-refractivity contribution in [2.45, 2.75) is 13.0 Å². The van der Waals surface area contributed by atoms with E-state index >= 15 is 0 Å². The number of amides is 1. The third-order valence-corrected chi connectivity index (χ3v) is 3.57. The molecule has 2 aromatic rings. The van der Waals surface area contributed by atoms with Crippen LogP contribution in [-0.4, -0.2) is 10.9 Å². The van der Waals surface area contributed by atoms with Gasteiger partial charge in [0.15, 0.2) is 0 Å². The Bertz CT molecular complexity index is 586. The van der Waals surface area contributed by atoms with Gasteiger partial charge in [0.05, 0.1) is 0 Å². The average Bonchev–Trinajstić information content (AvgIpc) is 2.43. The number of anilines is 1. The second kappa shape index (κ2) is 5.95. The Morgan fingerprint density at radius 2 is 2.05 bits per heavy atom. The van der Waals surface area contributed by atoms with Crippen molar-refractivity contribution in [3.63, 3.8) is 0 Å². The largest absolute Gasteiger partial charge is 0.316 e. The summed E-state index contributed by atoms with van der Waals surface area (Å²) in [5.41, 5.74) is 7.68. The van der Waals surface area contributed by atoms with Crippen molar-refractivity contribution in [1.29, 1.82) is 0 Å². The third-order valence-electron chi connectivity index (χ3n) is 2.74. The number of pyridine rings is 1. The molecule has 0 unspecified atom stereocenters. The molecule has 1 aromatic heterocycles. The Morgan fingerprint density at radius 3 is 2.68 bits per heavy atom. The summed E-state index contributed by atoms with van der Waals surface area (Å²) in [6.45, 7) is 1.93. The van der Waals surface area contributed by atoms with E-state index in [-0.39, 0.29) is 5.91 Å². The Morgan fingerprint density at radius 1 is 1.37 bits per heavy atom. The molecule has 0 saturated carbocycles. The van der Waals surface area contributed by atoms with Crippen LogP contribution >= 0.6 is 15.9 Å². The number of hydrogen-bond donors (Lipinski definition) is 2. The van der Waals surface area contributed by atoms with Crippen molar-refractivity contribution < 1.29 is 4.79 Å². The third kappa shape index (κ3) is 3.39. The fourth-order valence-corrected chi connectivity index (χ4v) is 1.84. The van der Waals surface area contributed by atoms with E-state index in [1.165, 1.54) is 0 Å². The van der Waals surface area contributed by atoms with Crippen molar-refractivity contribution in [1.82, 2.24) is 4.98 Å². The van der Waals surface area contributed by atoms with E-state index in [2.05, 4.69) is 26.2 Å². The summed E-state index contributed by atoms with van der Waals surface area (Å²) < 4.78 is 0.901. The van der Waals surface area contributed by atoms with Crippen LogP contribution in [0.2, 0.25) is 0 Å². The quantitative estimate of drug-likeness (QED) is 0.914. The molecule has 1 atom stereocenters. The second-order valence-corrected chi connectivity index (χ2v) is 5.05. The molecule has 0 radical (unpaired) electrons. The SMILES string of the molecule is Cc1cc(NC(=O)[C@H](N)c2ccccc2)ncc1Br. The number of nitrogens with zero attached hydrogens (tertiary/aromatic N) is 1. The van der Waals surface area contributed by atoms with Gasteiger partial charge in [0.2, 0.25) is 5.91 Å². The first-order valence-electron chi connectivity index (χ1n) is 5.81. The number of carbonyl (C=O) groups is 1. The predicted molar refractivity (Wildman–Crippen MR) is 78.7 cm³/mol. The molecule has 1 aromatic carbocycles. The van der Waals surface area contributed by atoms with Gasteiger partial charge in [-0.2, -0.15) is 0 Å². The van der Waals surface area contributed by atoms with Gasteiger partial charge in [-0.05, 0) is 40.0 Å². The average molecular weight is 320 g/mol. The highest BCUT2D eigenvalue weighted by molar-refractivity contribution is 9.10. The first kappa shape index (κ1) is 13.7. The zero-order chi connectivity index (χ0) is 13.8. The van der Waals surface area contributed by atoms with Crippen LogP contribution in [0.5, 0.6) is 0 Å². The fraction of sp³-hybridized carbons (Fsp3) is 0.143. The summed E-state index contributed by atoms with van der Waals surface area (Å²) >= 11 is 3.36. The molecule has 0 bridgehead atoms. The van der Waals surface area contributed by atoms with E-state index in [9.17, 15) is 4.79 Å². The minimum atomic E-state index is -0.702. The lowest BCUT2D eigenvalue weighted by Crippen LogP contribution is -2.28. The van der Waals surface area contributed by atoms with Gasteiger partial charge >= 0.3 is 0 Å². The number of halogens is 1. The highest BCUT2D eigenvalue weighted by atomic mass is 79.9. The molecule has 2 rings (SSSR count). The zero-order valence-corrected chi connectivity index (χ0v) is 12.0. The van der Waals surface area contributed by atoms with E-state index in [0.29, 0.717) is 5.82 Å². The first-order chi connectivity index (χ1) is 9.08. The van der Waals surface area contributed by atoms with E-state index < -0.39 is 6.04 Å². The highest BCUT2D eigenvalue weighted by Crippen LogP contribution is 2.18. The molecule has 0 aliphatic carbocycles. The lowest BCUT2D eigenvalue weighted by Gasteiger charge is -2.12. The molecule has 0 fully saturated rings. The van der Waals surface area contributed by atoms with Gasteiger partial charge in [-0.25, -0.2) is 4.98 Å². The number of aryl methyl sites for hydroxylation is 1. The molecule has 98 valence electrons. The van der Waals surface area contributed by atoms with Crippen molar-refractivity contribution in [2.24, 2.45) is 5.73 Å². The molecule has 1 heterocycles. The van der Waals surface area contributed by atoms with Crippen molar-refractivity contribution in [3.8, 4) is 0 Å². The summed E-state index contributed by atoms with van der Waals surface area (Å²) in [6, 6.07) is 10.3. The highest BCUT2D eigenvalue weighted by Gasteiger charge is 2.16. The second-order valence-electron chi connectivity index (χ2n) is 4.20. The monoisotopic (exact) mass is 319 g/mol. The van der Waals surface area contributed by atoms with E-state index in [0.717, 1.165) is 15.6 Å². The van der Waals surface area contributed by atoms with Crippen LogP contribution in [0.1, 0.15) is 17.2 Å². The molecule has 0 spiro atoms. The van der Waals surface area contributed by atoms with Crippen LogP contribution in [0.3, 0.4) is 0 Å². The van der Waals surface area contributed by atoms with Crippen LogP contribution in [0, 0.1) is 6.92 Å². The molecule has 5 heteroatoms. The smallest absolute Gasteiger partial charge is 0.247 e. The van der Waals surface area contributed by atoms with Crippen LogP contribution in [-0.2, 0) is 4.79 Å². The summed E-state index contributed by atoms with van der Waals surface area (Å²) in [5, 5.41) is 2.71. The summed E-state index contributed by atoms with van der Waals surface area (Å²) in [7, 11) is 0. The number of benzene rings is 1. The number of hydrogen-bond acceptors (Lipinski definition) is 3. The van der Waals surface area contributed by atoms with Gasteiger partial charge < -0.3 is 11.1 Å². The molecule has 0 aliphatic rings. The maximum Gasteiger partial charge on any atom is 0.247 e. The molecule has 19 heavy (non-hydrogen) atoms. The molecule has 0 aliphatic heterocycles. The Labute approximate surface area is 120 Å². The van der Waals surface area contributed by atoms with Crippen molar-refractivity contribution in [2.75, 3.05) is 5.32 Å². The van der Waals surface area contributed by atoms with Gasteiger partial charge in [0.1, 0.15) is 11.9 Å². The van der Waals surface area contributed by atoms with Gasteiger partial charge in [-0.1, -0.05) is 30.3 Å². The minimum absolute atomic E-state index is 0.277. The Hall–Kier alpha value is -1.72. The van der Waals surface area contributed by atoms with Crippen LogP contribution in [0.15, 0.2) is 47.1 Å². The van der Waals surface area contributed by atoms with Crippen LogP contribution in [0.4, 0.5) is 5.82 Å². The van der Waals surface area contributed by atoms with E-state index in [1.54, 1.807) is 12.3 Å². The zero-order valence-electron chi connectivity index (χ0n) is 10.4. The number of rotatable bonds is 3. The lowest BCUT2D eigenvalue weighted by atomic mass is 10.1. The molecular formula is C14H14BrN3O. The van der Waals surface area contributed by atoms with Gasteiger partial charge in [-0.3, -0.25) is 4.79 Å². The number of nitrogens with two attached hydrogens (primary N) is 1. The van der Waals surface area contributed by atoms with Crippen LogP contribution in [0.25, 0.3) is 0 Å². The first-order valence-corrected chi connectivity index (χ1v) is 6.61. The standard InChI is InChI=1S/C14H14BrN3O/c1-9-7-12(17-8-11(9)15)18-14(19)13(16)10-5-3-2-4-6-10/h2-8,13H,16H2,1H3,(H,17,18,19)/t13-/m1/s1. The normalized spacial score (nSPS) is 11.9. The molecule has 0 saturated heterocycles. The van der Waals surface area contributed by atoms with Gasteiger partial charge in [0.25, 0.3) is 0 Å². The molecule has 1 amide bonds. The topological polar surface area (TPSA) is 68.0 Å². The Balaban J connectivity index is 2.10. The lowest BCUT2D eigenvalue weighted by molar-refractivity contribution is -0.117. The molecular weight excluding hydrogens is 306 g/mol. The number of aromatic nitrogens is 1. The maximum atomic E-state index is 12.0. The van der Waals surface area contributed by atoms with E-state index in [1.807, 2.05) is 37.3 Å². The van der Waals surface area contributed by atoms with Crippen molar-refractivity contribution >= 4 is 27.7 Å². The molecule has 3 N–H and O–H groups in total.